The zero-order chi connectivity index (χ0) is 15.1. The fraction of sp³-hybridized carbons (Fsp3) is 0.588. The third-order valence-corrected chi connectivity index (χ3v) is 3.92. The Bertz CT molecular complexity index is 462. The topological polar surface area (TPSA) is 41.6 Å². The fourth-order valence-corrected chi connectivity index (χ4v) is 2.77. The number of rotatable bonds is 5. The van der Waals surface area contributed by atoms with Crippen LogP contribution in [-0.2, 0) is 0 Å². The molecule has 21 heavy (non-hydrogen) atoms. The molecule has 1 aliphatic rings. The molecular weight excluding hydrogens is 264 g/mol. The number of hydrogen-bond acceptors (Lipinski definition) is 2. The van der Waals surface area contributed by atoms with Crippen LogP contribution in [0.2, 0.25) is 0 Å². The lowest BCUT2D eigenvalue weighted by Gasteiger charge is -2.35. The van der Waals surface area contributed by atoms with Crippen molar-refractivity contribution in [3.8, 4) is 5.75 Å². The number of urea groups is 1. The van der Waals surface area contributed by atoms with Crippen LogP contribution in [0.25, 0.3) is 0 Å². The molecule has 2 amide bonds. The summed E-state index contributed by atoms with van der Waals surface area (Å²) in [4.78, 5) is 14.4. The summed E-state index contributed by atoms with van der Waals surface area (Å²) in [6, 6.07) is 8.00. The third-order valence-electron chi connectivity index (χ3n) is 3.92. The summed E-state index contributed by atoms with van der Waals surface area (Å²) in [5.41, 5.74) is 0.800. The van der Waals surface area contributed by atoms with Gasteiger partial charge in [-0.05, 0) is 44.2 Å². The first-order valence-electron chi connectivity index (χ1n) is 8.05. The molecule has 116 valence electrons. The van der Waals surface area contributed by atoms with Crippen molar-refractivity contribution in [2.45, 2.75) is 52.0 Å². The minimum atomic E-state index is 0.00851. The van der Waals surface area contributed by atoms with Gasteiger partial charge in [0.1, 0.15) is 5.75 Å². The molecule has 4 heteroatoms. The quantitative estimate of drug-likeness (QED) is 0.879. The predicted octanol–water partition coefficient (Wildman–Crippen LogP) is 4.27. The molecule has 2 rings (SSSR count). The van der Waals surface area contributed by atoms with E-state index in [0.717, 1.165) is 43.7 Å². The van der Waals surface area contributed by atoms with Crippen LogP contribution in [0.1, 0.15) is 46.0 Å². The van der Waals surface area contributed by atoms with Crippen molar-refractivity contribution in [2.75, 3.05) is 18.5 Å². The first kappa shape index (κ1) is 15.7. The average molecular weight is 290 g/mol. The van der Waals surface area contributed by atoms with E-state index < -0.39 is 0 Å². The zero-order valence-corrected chi connectivity index (χ0v) is 13.1. The summed E-state index contributed by atoms with van der Waals surface area (Å²) in [7, 11) is 0. The van der Waals surface area contributed by atoms with E-state index in [-0.39, 0.29) is 6.03 Å². The predicted molar refractivity (Wildman–Crippen MR) is 85.9 cm³/mol. The van der Waals surface area contributed by atoms with Crippen molar-refractivity contribution in [1.29, 1.82) is 0 Å². The van der Waals surface area contributed by atoms with Crippen molar-refractivity contribution >= 4 is 11.7 Å². The third kappa shape index (κ3) is 4.38. The van der Waals surface area contributed by atoms with Crippen molar-refractivity contribution in [3.63, 3.8) is 0 Å². The lowest BCUT2D eigenvalue weighted by Crippen LogP contribution is -2.45. The summed E-state index contributed by atoms with van der Waals surface area (Å²) in [6.45, 7) is 5.78. The van der Waals surface area contributed by atoms with Gasteiger partial charge in [-0.15, -0.1) is 0 Å². The van der Waals surface area contributed by atoms with E-state index in [2.05, 4.69) is 19.2 Å². The van der Waals surface area contributed by atoms with Crippen LogP contribution in [-0.4, -0.2) is 30.1 Å². The van der Waals surface area contributed by atoms with E-state index in [9.17, 15) is 4.79 Å². The number of nitrogens with zero attached hydrogens (tertiary/aromatic N) is 1. The molecule has 0 radical (unpaired) electrons. The van der Waals surface area contributed by atoms with Gasteiger partial charge in [-0.1, -0.05) is 19.9 Å². The van der Waals surface area contributed by atoms with Gasteiger partial charge in [-0.3, -0.25) is 0 Å². The van der Waals surface area contributed by atoms with Crippen LogP contribution in [0.15, 0.2) is 24.3 Å². The van der Waals surface area contributed by atoms with Crippen LogP contribution in [0.3, 0.4) is 0 Å². The summed E-state index contributed by atoms with van der Waals surface area (Å²) in [5, 5.41) is 3.00. The molecule has 4 nitrogen and oxygen atoms in total. The van der Waals surface area contributed by atoms with Crippen LogP contribution >= 0.6 is 0 Å². The molecule has 0 bridgehead atoms. The van der Waals surface area contributed by atoms with Gasteiger partial charge < -0.3 is 15.0 Å². The maximum absolute atomic E-state index is 12.4. The van der Waals surface area contributed by atoms with Gasteiger partial charge in [0.15, 0.2) is 0 Å². The van der Waals surface area contributed by atoms with E-state index >= 15 is 0 Å². The molecule has 1 fully saturated rings. The second-order valence-electron chi connectivity index (χ2n) is 5.56. The number of carbonyl (C=O) groups excluding carboxylic acids is 1. The number of carbonyl (C=O) groups is 1. The van der Waals surface area contributed by atoms with Crippen LogP contribution in [0.5, 0.6) is 5.75 Å². The zero-order valence-electron chi connectivity index (χ0n) is 13.1. The molecule has 1 atom stereocenters. The standard InChI is InChI=1S/C17H26N2O2/c1-3-12-21-16-10-7-8-14(13-16)18-17(20)19-11-6-5-9-15(19)4-2/h7-8,10,13,15H,3-6,9,11-12H2,1-2H3,(H,18,20). The monoisotopic (exact) mass is 290 g/mol. The minimum absolute atomic E-state index is 0.00851. The fourth-order valence-electron chi connectivity index (χ4n) is 2.77. The Morgan fingerprint density at radius 1 is 1.38 bits per heavy atom. The SMILES string of the molecule is CCCOc1cccc(NC(=O)N2CCCCC2CC)c1. The Labute approximate surface area is 127 Å². The first-order chi connectivity index (χ1) is 10.2. The number of benzene rings is 1. The van der Waals surface area contributed by atoms with E-state index in [0.29, 0.717) is 12.6 Å². The number of amides is 2. The highest BCUT2D eigenvalue weighted by Gasteiger charge is 2.25. The molecule has 0 aromatic heterocycles. The summed E-state index contributed by atoms with van der Waals surface area (Å²) in [5.74, 6) is 0.806. The van der Waals surface area contributed by atoms with Gasteiger partial charge in [0.25, 0.3) is 0 Å². The van der Waals surface area contributed by atoms with Crippen molar-refractivity contribution in [2.24, 2.45) is 0 Å². The average Bonchev–Trinajstić information content (AvgIpc) is 2.53. The summed E-state index contributed by atoms with van der Waals surface area (Å²) >= 11 is 0. The van der Waals surface area contributed by atoms with E-state index in [1.807, 2.05) is 29.2 Å². The van der Waals surface area contributed by atoms with Crippen LogP contribution in [0.4, 0.5) is 10.5 Å². The highest BCUT2D eigenvalue weighted by atomic mass is 16.5. The summed E-state index contributed by atoms with van der Waals surface area (Å²) in [6.07, 6.45) is 5.44. The molecule has 0 aliphatic carbocycles. The first-order valence-corrected chi connectivity index (χ1v) is 8.05. The van der Waals surface area contributed by atoms with Gasteiger partial charge in [0.2, 0.25) is 0 Å². The molecular formula is C17H26N2O2. The van der Waals surface area contributed by atoms with Gasteiger partial charge in [0.05, 0.1) is 6.61 Å². The number of anilines is 1. The van der Waals surface area contributed by atoms with Gasteiger partial charge in [0, 0.05) is 24.3 Å². The number of ether oxygens (including phenoxy) is 1. The van der Waals surface area contributed by atoms with Gasteiger partial charge in [-0.25, -0.2) is 4.79 Å². The van der Waals surface area contributed by atoms with Gasteiger partial charge >= 0.3 is 6.03 Å². The largest absolute Gasteiger partial charge is 0.494 e. The Morgan fingerprint density at radius 2 is 2.24 bits per heavy atom. The molecule has 1 aromatic rings. The van der Waals surface area contributed by atoms with Crippen molar-refractivity contribution in [3.05, 3.63) is 24.3 Å². The molecule has 0 saturated carbocycles. The number of likely N-dealkylation sites (tertiary alicyclic amines) is 1. The molecule has 1 unspecified atom stereocenters. The Morgan fingerprint density at radius 3 is 3.00 bits per heavy atom. The molecule has 1 aliphatic heterocycles. The van der Waals surface area contributed by atoms with Crippen molar-refractivity contribution in [1.82, 2.24) is 4.90 Å². The second kappa shape index (κ2) is 7.91. The van der Waals surface area contributed by atoms with Crippen molar-refractivity contribution < 1.29 is 9.53 Å². The maximum Gasteiger partial charge on any atom is 0.322 e. The molecule has 0 spiro atoms. The Balaban J connectivity index is 1.98. The van der Waals surface area contributed by atoms with Crippen LogP contribution in [0, 0.1) is 0 Å². The van der Waals surface area contributed by atoms with Gasteiger partial charge in [-0.2, -0.15) is 0 Å². The number of hydrogen-bond donors (Lipinski definition) is 1. The molecule has 1 aromatic carbocycles. The normalized spacial score (nSPS) is 18.4. The van der Waals surface area contributed by atoms with E-state index in [1.165, 1.54) is 6.42 Å². The molecule has 1 saturated heterocycles. The lowest BCUT2D eigenvalue weighted by atomic mass is 10.0. The Kier molecular flexibility index (Phi) is 5.90. The lowest BCUT2D eigenvalue weighted by molar-refractivity contribution is 0.160. The maximum atomic E-state index is 12.4. The number of piperidine rings is 1. The van der Waals surface area contributed by atoms with E-state index in [4.69, 9.17) is 4.74 Å². The summed E-state index contributed by atoms with van der Waals surface area (Å²) < 4.78 is 5.60. The minimum Gasteiger partial charge on any atom is -0.494 e. The highest BCUT2D eigenvalue weighted by Crippen LogP contribution is 2.22. The Hall–Kier alpha value is -1.71. The number of nitrogens with one attached hydrogen (secondary N) is 1. The highest BCUT2D eigenvalue weighted by molar-refractivity contribution is 5.89. The molecule has 1 N–H and O–H groups in total. The van der Waals surface area contributed by atoms with Crippen LogP contribution < -0.4 is 10.1 Å². The van der Waals surface area contributed by atoms with E-state index in [1.54, 1.807) is 0 Å². The molecule has 1 heterocycles. The second-order valence-corrected chi connectivity index (χ2v) is 5.56. The smallest absolute Gasteiger partial charge is 0.322 e.